The Kier molecular flexibility index (Phi) is 5.70. The number of benzene rings is 2. The minimum absolute atomic E-state index is 0.0458. The Morgan fingerprint density at radius 2 is 1.86 bits per heavy atom. The highest BCUT2D eigenvalue weighted by Crippen LogP contribution is 2.29. The largest absolute Gasteiger partial charge is 0.352 e. The van der Waals surface area contributed by atoms with E-state index in [-0.39, 0.29) is 5.91 Å². The predicted molar refractivity (Wildman–Crippen MR) is 116 cm³/mol. The second-order valence-corrected chi connectivity index (χ2v) is 7.12. The summed E-state index contributed by atoms with van der Waals surface area (Å²) in [6, 6.07) is 13.6. The maximum Gasteiger partial charge on any atom is 0.251 e. The van der Waals surface area contributed by atoms with Gasteiger partial charge in [-0.2, -0.15) is 0 Å². The molecule has 2 heterocycles. The van der Waals surface area contributed by atoms with Crippen LogP contribution in [0.1, 0.15) is 43.0 Å². The van der Waals surface area contributed by atoms with E-state index < -0.39 is 0 Å². The van der Waals surface area contributed by atoms with Crippen molar-refractivity contribution in [3.63, 3.8) is 0 Å². The molecule has 0 aliphatic carbocycles. The first kappa shape index (κ1) is 18.9. The number of rotatable bonds is 8. The fraction of sp³-hybridized carbons (Fsp3) is 0.261. The summed E-state index contributed by atoms with van der Waals surface area (Å²) in [6.07, 6.45) is 8.10. The molecule has 2 aromatic carbocycles. The number of nitrogens with one attached hydrogen (secondary N) is 3. The maximum absolute atomic E-state index is 12.4. The molecule has 0 radical (unpaired) electrons. The molecule has 2 aromatic heterocycles. The van der Waals surface area contributed by atoms with Crippen LogP contribution >= 0.6 is 0 Å². The van der Waals surface area contributed by atoms with Gasteiger partial charge < -0.3 is 15.3 Å². The molecule has 3 N–H and O–H groups in total. The fourth-order valence-electron chi connectivity index (χ4n) is 3.44. The van der Waals surface area contributed by atoms with Crippen LogP contribution < -0.4 is 5.32 Å². The molecule has 0 saturated heterocycles. The quantitative estimate of drug-likeness (QED) is 0.375. The summed E-state index contributed by atoms with van der Waals surface area (Å²) < 4.78 is 0. The number of amides is 1. The molecular weight excluding hydrogens is 362 g/mol. The van der Waals surface area contributed by atoms with Crippen LogP contribution in [0.5, 0.6) is 0 Å². The van der Waals surface area contributed by atoms with E-state index in [2.05, 4.69) is 27.2 Å². The van der Waals surface area contributed by atoms with Crippen LogP contribution in [0, 0.1) is 0 Å². The van der Waals surface area contributed by atoms with Gasteiger partial charge in [0.05, 0.1) is 11.0 Å². The van der Waals surface area contributed by atoms with Crippen molar-refractivity contribution in [3.05, 3.63) is 60.4 Å². The molecule has 6 nitrogen and oxygen atoms in total. The van der Waals surface area contributed by atoms with Crippen molar-refractivity contribution in [2.24, 2.45) is 0 Å². The van der Waals surface area contributed by atoms with E-state index in [1.165, 1.54) is 12.8 Å². The molecule has 0 fully saturated rings. The number of fused-ring (bicyclic) bond motifs is 1. The van der Waals surface area contributed by atoms with E-state index in [9.17, 15) is 4.79 Å². The van der Waals surface area contributed by atoms with Gasteiger partial charge >= 0.3 is 0 Å². The zero-order chi connectivity index (χ0) is 20.1. The van der Waals surface area contributed by atoms with E-state index in [4.69, 9.17) is 4.98 Å². The highest BCUT2D eigenvalue weighted by Gasteiger charge is 2.14. The average molecular weight is 387 g/mol. The second-order valence-electron chi connectivity index (χ2n) is 7.12. The number of carbonyl (C=O) groups excluding carboxylic acids is 1. The first-order chi connectivity index (χ1) is 14.3. The summed E-state index contributed by atoms with van der Waals surface area (Å²) in [5.41, 5.74) is 4.24. The van der Waals surface area contributed by atoms with Crippen molar-refractivity contribution in [2.45, 2.75) is 32.6 Å². The summed E-state index contributed by atoms with van der Waals surface area (Å²) in [5.74, 6) is 1.50. The molecular formula is C23H25N5O. The van der Waals surface area contributed by atoms with Crippen molar-refractivity contribution in [2.75, 3.05) is 6.54 Å². The van der Waals surface area contributed by atoms with Crippen molar-refractivity contribution < 1.29 is 4.79 Å². The highest BCUT2D eigenvalue weighted by molar-refractivity contribution is 5.97. The Labute approximate surface area is 169 Å². The molecule has 4 aromatic rings. The summed E-state index contributed by atoms with van der Waals surface area (Å²) in [4.78, 5) is 28.0. The normalized spacial score (nSPS) is 11.1. The zero-order valence-electron chi connectivity index (χ0n) is 16.5. The molecule has 0 aliphatic rings. The van der Waals surface area contributed by atoms with Crippen molar-refractivity contribution >= 4 is 16.9 Å². The Morgan fingerprint density at radius 3 is 2.62 bits per heavy atom. The first-order valence-electron chi connectivity index (χ1n) is 10.1. The van der Waals surface area contributed by atoms with E-state index in [0.717, 1.165) is 46.7 Å². The zero-order valence-corrected chi connectivity index (χ0v) is 16.5. The molecule has 0 spiro atoms. The predicted octanol–water partition coefficient (Wildman–Crippen LogP) is 4.93. The van der Waals surface area contributed by atoms with E-state index in [1.807, 2.05) is 42.5 Å². The molecule has 0 atom stereocenters. The minimum Gasteiger partial charge on any atom is -0.352 e. The number of carbonyl (C=O) groups is 1. The van der Waals surface area contributed by atoms with Gasteiger partial charge in [-0.3, -0.25) is 4.79 Å². The third kappa shape index (κ3) is 4.21. The third-order valence-corrected chi connectivity index (χ3v) is 5.00. The van der Waals surface area contributed by atoms with Crippen LogP contribution in [0.2, 0.25) is 0 Å². The number of hydrogen-bond acceptors (Lipinski definition) is 3. The fourth-order valence-corrected chi connectivity index (χ4v) is 3.44. The van der Waals surface area contributed by atoms with Gasteiger partial charge in [-0.25, -0.2) is 9.97 Å². The van der Waals surface area contributed by atoms with Gasteiger partial charge in [0, 0.05) is 35.6 Å². The molecule has 0 unspecified atom stereocenters. The summed E-state index contributed by atoms with van der Waals surface area (Å²) in [6.45, 7) is 2.89. The van der Waals surface area contributed by atoms with Crippen LogP contribution in [0.3, 0.4) is 0 Å². The van der Waals surface area contributed by atoms with Crippen molar-refractivity contribution in [1.82, 2.24) is 25.3 Å². The van der Waals surface area contributed by atoms with Crippen molar-refractivity contribution in [3.8, 4) is 22.8 Å². The van der Waals surface area contributed by atoms with Crippen LogP contribution in [0.4, 0.5) is 0 Å². The number of H-pyrrole nitrogens is 2. The molecule has 29 heavy (non-hydrogen) atoms. The molecule has 148 valence electrons. The molecule has 0 aliphatic heterocycles. The van der Waals surface area contributed by atoms with Gasteiger partial charge in [0.15, 0.2) is 0 Å². The Bertz CT molecular complexity index is 1100. The molecule has 0 saturated carbocycles. The molecule has 4 rings (SSSR count). The summed E-state index contributed by atoms with van der Waals surface area (Å²) in [5, 5.41) is 3.00. The Hall–Kier alpha value is -3.41. The number of unbranched alkanes of at least 4 members (excludes halogenated alkanes) is 3. The van der Waals surface area contributed by atoms with Gasteiger partial charge in [0.25, 0.3) is 5.91 Å². The van der Waals surface area contributed by atoms with E-state index in [0.29, 0.717) is 12.1 Å². The summed E-state index contributed by atoms with van der Waals surface area (Å²) in [7, 11) is 0. The van der Waals surface area contributed by atoms with Gasteiger partial charge in [0.2, 0.25) is 0 Å². The lowest BCUT2D eigenvalue weighted by molar-refractivity contribution is 0.0953. The average Bonchev–Trinajstić information content (AvgIpc) is 3.42. The monoisotopic (exact) mass is 387 g/mol. The smallest absolute Gasteiger partial charge is 0.251 e. The van der Waals surface area contributed by atoms with Crippen LogP contribution in [-0.4, -0.2) is 32.4 Å². The molecule has 0 bridgehead atoms. The number of imidazole rings is 2. The lowest BCUT2D eigenvalue weighted by Crippen LogP contribution is -2.24. The van der Waals surface area contributed by atoms with Crippen molar-refractivity contribution in [1.29, 1.82) is 0 Å². The molecule has 1 amide bonds. The summed E-state index contributed by atoms with van der Waals surface area (Å²) >= 11 is 0. The van der Waals surface area contributed by atoms with E-state index in [1.54, 1.807) is 12.4 Å². The van der Waals surface area contributed by atoms with Gasteiger partial charge in [-0.15, -0.1) is 0 Å². The minimum atomic E-state index is -0.0458. The van der Waals surface area contributed by atoms with E-state index >= 15 is 0 Å². The number of aromatic nitrogens is 4. The molecule has 6 heteroatoms. The Balaban J connectivity index is 1.56. The SMILES string of the molecule is CCCCCCNC(=O)c1ccc2nc(-c3ccccc3-c3ncc[nH]3)[nH]c2c1. The lowest BCUT2D eigenvalue weighted by Gasteiger charge is -2.05. The number of aromatic amines is 2. The topological polar surface area (TPSA) is 86.5 Å². The van der Waals surface area contributed by atoms with Gasteiger partial charge in [-0.1, -0.05) is 50.5 Å². The van der Waals surface area contributed by atoms with Gasteiger partial charge in [-0.05, 0) is 24.6 Å². The first-order valence-corrected chi connectivity index (χ1v) is 10.1. The third-order valence-electron chi connectivity index (χ3n) is 5.00. The van der Waals surface area contributed by atoms with Crippen LogP contribution in [-0.2, 0) is 0 Å². The lowest BCUT2D eigenvalue weighted by atomic mass is 10.1. The standard InChI is InChI=1S/C23H25N5O/c1-2-3-4-7-12-26-23(29)16-10-11-19-20(15-16)28-22(27-19)18-9-6-5-8-17(18)21-24-13-14-25-21/h5-6,8-11,13-15H,2-4,7,12H2,1H3,(H,24,25)(H,26,29)(H,27,28). The number of nitrogens with zero attached hydrogens (tertiary/aromatic N) is 2. The maximum atomic E-state index is 12.4. The Morgan fingerprint density at radius 1 is 1.03 bits per heavy atom. The van der Waals surface area contributed by atoms with Crippen LogP contribution in [0.15, 0.2) is 54.9 Å². The van der Waals surface area contributed by atoms with Gasteiger partial charge in [0.1, 0.15) is 11.6 Å². The second kappa shape index (κ2) is 8.73. The number of hydrogen-bond donors (Lipinski definition) is 3. The van der Waals surface area contributed by atoms with Crippen LogP contribution in [0.25, 0.3) is 33.8 Å². The highest BCUT2D eigenvalue weighted by atomic mass is 16.1.